The highest BCUT2D eigenvalue weighted by Crippen LogP contribution is 2.26. The van der Waals surface area contributed by atoms with Crippen molar-refractivity contribution in [1.82, 2.24) is 4.90 Å². The van der Waals surface area contributed by atoms with Crippen LogP contribution in [-0.2, 0) is 6.54 Å². The fraction of sp³-hybridized carbons (Fsp3) is 0.600. The standard InChI is InChI=1S/C15H23N3O3/c1-2-7-16-14-4-3-12(10-15(14)18(20)21)11-17-8-5-13(19)6-9-17/h3-4,10,13,16,19H,2,5-9,11H2,1H3. The van der Waals surface area contributed by atoms with E-state index < -0.39 is 0 Å². The SMILES string of the molecule is CCCNc1ccc(CN2CCC(O)CC2)cc1[N+](=O)[O-]. The zero-order valence-corrected chi connectivity index (χ0v) is 12.4. The van der Waals surface area contributed by atoms with Crippen molar-refractivity contribution in [3.05, 3.63) is 33.9 Å². The molecule has 116 valence electrons. The third kappa shape index (κ3) is 4.41. The predicted molar refractivity (Wildman–Crippen MR) is 82.4 cm³/mol. The van der Waals surface area contributed by atoms with Gasteiger partial charge in [0.15, 0.2) is 0 Å². The van der Waals surface area contributed by atoms with Gasteiger partial charge in [0.05, 0.1) is 11.0 Å². The van der Waals surface area contributed by atoms with Gasteiger partial charge in [-0.2, -0.15) is 0 Å². The fourth-order valence-corrected chi connectivity index (χ4v) is 2.57. The summed E-state index contributed by atoms with van der Waals surface area (Å²) in [6, 6.07) is 5.39. The molecular formula is C15H23N3O3. The zero-order chi connectivity index (χ0) is 15.2. The Balaban J connectivity index is 2.06. The molecule has 0 unspecified atom stereocenters. The van der Waals surface area contributed by atoms with E-state index >= 15 is 0 Å². The van der Waals surface area contributed by atoms with E-state index in [9.17, 15) is 15.2 Å². The van der Waals surface area contributed by atoms with E-state index in [4.69, 9.17) is 0 Å². The molecule has 21 heavy (non-hydrogen) atoms. The van der Waals surface area contributed by atoms with Gasteiger partial charge in [0.25, 0.3) is 5.69 Å². The number of hydrogen-bond acceptors (Lipinski definition) is 5. The Hall–Kier alpha value is -1.66. The lowest BCUT2D eigenvalue weighted by molar-refractivity contribution is -0.384. The Labute approximate surface area is 124 Å². The van der Waals surface area contributed by atoms with Gasteiger partial charge in [0, 0.05) is 32.2 Å². The van der Waals surface area contributed by atoms with E-state index in [2.05, 4.69) is 10.2 Å². The zero-order valence-electron chi connectivity index (χ0n) is 12.4. The van der Waals surface area contributed by atoms with Crippen molar-refractivity contribution < 1.29 is 10.0 Å². The van der Waals surface area contributed by atoms with Crippen molar-refractivity contribution in [3.63, 3.8) is 0 Å². The van der Waals surface area contributed by atoms with E-state index in [1.165, 1.54) is 0 Å². The summed E-state index contributed by atoms with van der Waals surface area (Å²) in [7, 11) is 0. The molecule has 1 saturated heterocycles. The predicted octanol–water partition coefficient (Wildman–Crippen LogP) is 2.37. The van der Waals surface area contributed by atoms with Gasteiger partial charge in [-0.25, -0.2) is 0 Å². The molecule has 6 nitrogen and oxygen atoms in total. The van der Waals surface area contributed by atoms with Crippen molar-refractivity contribution in [2.24, 2.45) is 0 Å². The number of nitrogens with zero attached hydrogens (tertiary/aromatic N) is 2. The summed E-state index contributed by atoms with van der Waals surface area (Å²) >= 11 is 0. The van der Waals surface area contributed by atoms with Gasteiger partial charge >= 0.3 is 0 Å². The van der Waals surface area contributed by atoms with Gasteiger partial charge in [0.2, 0.25) is 0 Å². The second-order valence-electron chi connectivity index (χ2n) is 5.54. The van der Waals surface area contributed by atoms with Crippen LogP contribution in [-0.4, -0.2) is 40.7 Å². The summed E-state index contributed by atoms with van der Waals surface area (Å²) in [5.74, 6) is 0. The molecule has 0 saturated carbocycles. The minimum atomic E-state index is -0.332. The van der Waals surface area contributed by atoms with E-state index in [0.717, 1.165) is 44.5 Å². The molecule has 1 heterocycles. The molecule has 6 heteroatoms. The number of likely N-dealkylation sites (tertiary alicyclic amines) is 1. The van der Waals surface area contributed by atoms with E-state index in [0.29, 0.717) is 12.2 Å². The maximum atomic E-state index is 11.2. The van der Waals surface area contributed by atoms with Crippen LogP contribution in [0.5, 0.6) is 0 Å². The Morgan fingerprint density at radius 2 is 2.14 bits per heavy atom. The smallest absolute Gasteiger partial charge is 0.292 e. The van der Waals surface area contributed by atoms with Crippen LogP contribution < -0.4 is 5.32 Å². The first-order chi connectivity index (χ1) is 10.1. The van der Waals surface area contributed by atoms with Crippen molar-refractivity contribution in [2.75, 3.05) is 25.0 Å². The van der Waals surface area contributed by atoms with Crippen LogP contribution in [0.1, 0.15) is 31.7 Å². The maximum Gasteiger partial charge on any atom is 0.292 e. The molecule has 1 aliphatic rings. The van der Waals surface area contributed by atoms with Gasteiger partial charge in [-0.15, -0.1) is 0 Å². The molecule has 1 aromatic rings. The summed E-state index contributed by atoms with van der Waals surface area (Å²) < 4.78 is 0. The summed E-state index contributed by atoms with van der Waals surface area (Å²) in [5, 5.41) is 23.8. The number of aliphatic hydroxyl groups is 1. The Morgan fingerprint density at radius 3 is 2.76 bits per heavy atom. The second kappa shape index (κ2) is 7.38. The number of anilines is 1. The van der Waals surface area contributed by atoms with Crippen LogP contribution in [0.25, 0.3) is 0 Å². The van der Waals surface area contributed by atoms with Gasteiger partial charge in [-0.3, -0.25) is 15.0 Å². The summed E-state index contributed by atoms with van der Waals surface area (Å²) in [5.41, 5.74) is 1.66. The van der Waals surface area contributed by atoms with Crippen molar-refractivity contribution in [1.29, 1.82) is 0 Å². The van der Waals surface area contributed by atoms with Gasteiger partial charge in [-0.1, -0.05) is 13.0 Å². The molecule has 0 spiro atoms. The van der Waals surface area contributed by atoms with Crippen LogP contribution in [0.2, 0.25) is 0 Å². The number of benzene rings is 1. The van der Waals surface area contributed by atoms with Gasteiger partial charge in [0.1, 0.15) is 5.69 Å². The number of nitro groups is 1. The van der Waals surface area contributed by atoms with Crippen LogP contribution in [0.3, 0.4) is 0 Å². The summed E-state index contributed by atoms with van der Waals surface area (Å²) in [6.45, 7) is 5.12. The van der Waals surface area contributed by atoms with Crippen LogP contribution >= 0.6 is 0 Å². The monoisotopic (exact) mass is 293 g/mol. The van der Waals surface area contributed by atoms with E-state index in [-0.39, 0.29) is 16.7 Å². The first-order valence-corrected chi connectivity index (χ1v) is 7.51. The molecule has 2 N–H and O–H groups in total. The fourth-order valence-electron chi connectivity index (χ4n) is 2.57. The molecular weight excluding hydrogens is 270 g/mol. The second-order valence-corrected chi connectivity index (χ2v) is 5.54. The highest BCUT2D eigenvalue weighted by atomic mass is 16.6. The molecule has 0 atom stereocenters. The lowest BCUT2D eigenvalue weighted by atomic mass is 10.1. The molecule has 1 aliphatic heterocycles. The molecule has 1 aromatic carbocycles. The molecule has 0 amide bonds. The number of hydrogen-bond donors (Lipinski definition) is 2. The quantitative estimate of drug-likeness (QED) is 0.622. The molecule has 2 rings (SSSR count). The number of aliphatic hydroxyl groups excluding tert-OH is 1. The minimum absolute atomic E-state index is 0.137. The lowest BCUT2D eigenvalue weighted by Gasteiger charge is -2.29. The average Bonchev–Trinajstić information content (AvgIpc) is 2.48. The normalized spacial score (nSPS) is 16.9. The van der Waals surface area contributed by atoms with Crippen molar-refractivity contribution in [3.8, 4) is 0 Å². The minimum Gasteiger partial charge on any atom is -0.393 e. The molecule has 0 aliphatic carbocycles. The summed E-state index contributed by atoms with van der Waals surface area (Å²) in [6.07, 6.45) is 2.28. The third-order valence-corrected chi connectivity index (χ3v) is 3.79. The van der Waals surface area contributed by atoms with Crippen molar-refractivity contribution in [2.45, 2.75) is 38.8 Å². The maximum absolute atomic E-state index is 11.2. The molecule has 1 fully saturated rings. The number of nitrogens with one attached hydrogen (secondary N) is 1. The van der Waals surface area contributed by atoms with Crippen LogP contribution in [0.4, 0.5) is 11.4 Å². The van der Waals surface area contributed by atoms with Gasteiger partial charge < -0.3 is 10.4 Å². The largest absolute Gasteiger partial charge is 0.393 e. The van der Waals surface area contributed by atoms with E-state index in [1.54, 1.807) is 12.1 Å². The summed E-state index contributed by atoms with van der Waals surface area (Å²) in [4.78, 5) is 13.1. The Kier molecular flexibility index (Phi) is 5.52. The highest BCUT2D eigenvalue weighted by molar-refractivity contribution is 5.62. The Morgan fingerprint density at radius 1 is 1.43 bits per heavy atom. The molecule has 0 radical (unpaired) electrons. The average molecular weight is 293 g/mol. The first-order valence-electron chi connectivity index (χ1n) is 7.51. The van der Waals surface area contributed by atoms with Crippen LogP contribution in [0.15, 0.2) is 18.2 Å². The van der Waals surface area contributed by atoms with E-state index in [1.807, 2.05) is 13.0 Å². The number of piperidine rings is 1. The number of nitro benzene ring substituents is 1. The third-order valence-electron chi connectivity index (χ3n) is 3.79. The molecule has 0 aromatic heterocycles. The molecule has 0 bridgehead atoms. The first kappa shape index (κ1) is 15.7. The lowest BCUT2D eigenvalue weighted by Crippen LogP contribution is -2.35. The van der Waals surface area contributed by atoms with Crippen molar-refractivity contribution >= 4 is 11.4 Å². The van der Waals surface area contributed by atoms with Gasteiger partial charge in [-0.05, 0) is 30.9 Å². The van der Waals surface area contributed by atoms with Crippen LogP contribution in [0, 0.1) is 10.1 Å². The number of rotatable bonds is 6. The highest BCUT2D eigenvalue weighted by Gasteiger charge is 2.19. The topological polar surface area (TPSA) is 78.6 Å². The Bertz CT molecular complexity index is 485.